The smallest absolute Gasteiger partial charge is 0.337 e. The normalized spacial score (nSPS) is 20.4. The fraction of sp³-hybridized carbons (Fsp3) is 0.379. The van der Waals surface area contributed by atoms with Gasteiger partial charge in [-0.1, -0.05) is 36.7 Å². The molecule has 6 nitrogen and oxygen atoms in total. The number of Topliss-reactive ketones (excluding diaryl/α,β-unsaturated/α-hetero) is 1. The molecule has 2 aromatic carbocycles. The van der Waals surface area contributed by atoms with Crippen LogP contribution in [-0.2, 0) is 14.3 Å². The van der Waals surface area contributed by atoms with Crippen molar-refractivity contribution in [3.63, 3.8) is 0 Å². The van der Waals surface area contributed by atoms with Gasteiger partial charge in [0.05, 0.1) is 31.8 Å². The molecular weight excluding hydrogens is 478 g/mol. The van der Waals surface area contributed by atoms with Crippen molar-refractivity contribution in [3.05, 3.63) is 81.2 Å². The average Bonchev–Trinajstić information content (AvgIpc) is 2.87. The Kier molecular flexibility index (Phi) is 7.74. The van der Waals surface area contributed by atoms with E-state index >= 15 is 0 Å². The van der Waals surface area contributed by atoms with E-state index in [0.29, 0.717) is 52.6 Å². The third kappa shape index (κ3) is 5.00. The lowest BCUT2D eigenvalue weighted by Gasteiger charge is -2.37. The van der Waals surface area contributed by atoms with Gasteiger partial charge in [-0.2, -0.15) is 0 Å². The van der Waals surface area contributed by atoms with E-state index in [1.165, 1.54) is 0 Å². The van der Waals surface area contributed by atoms with Crippen molar-refractivity contribution < 1.29 is 23.8 Å². The zero-order valence-corrected chi connectivity index (χ0v) is 22.1. The van der Waals surface area contributed by atoms with Crippen molar-refractivity contribution in [2.24, 2.45) is 0 Å². The Labute approximate surface area is 217 Å². The lowest BCUT2D eigenvalue weighted by Crippen LogP contribution is -2.36. The average molecular weight is 510 g/mol. The van der Waals surface area contributed by atoms with Crippen LogP contribution in [0, 0.1) is 0 Å². The largest absolute Gasteiger partial charge is 0.497 e. The predicted octanol–water partition coefficient (Wildman–Crippen LogP) is 6.06. The van der Waals surface area contributed by atoms with E-state index in [0.717, 1.165) is 16.8 Å². The van der Waals surface area contributed by atoms with Gasteiger partial charge in [0, 0.05) is 40.0 Å². The Morgan fingerprint density at radius 2 is 1.83 bits per heavy atom. The molecule has 1 aliphatic heterocycles. The maximum Gasteiger partial charge on any atom is 0.337 e. The summed E-state index contributed by atoms with van der Waals surface area (Å²) >= 11 is 6.08. The van der Waals surface area contributed by atoms with Crippen LogP contribution in [0.1, 0.15) is 63.0 Å². The third-order valence-electron chi connectivity index (χ3n) is 7.02. The highest BCUT2D eigenvalue weighted by Gasteiger charge is 2.42. The topological polar surface area (TPSA) is 73.9 Å². The lowest BCUT2D eigenvalue weighted by atomic mass is 9.71. The molecule has 1 N–H and O–H groups in total. The van der Waals surface area contributed by atoms with Crippen LogP contribution in [-0.4, -0.2) is 32.1 Å². The molecule has 7 heteroatoms. The number of esters is 1. The molecular formula is C29H32ClNO5. The van der Waals surface area contributed by atoms with Gasteiger partial charge in [0.1, 0.15) is 11.5 Å². The number of hydrogen-bond acceptors (Lipinski definition) is 6. The summed E-state index contributed by atoms with van der Waals surface area (Å²) in [6, 6.07) is 13.1. The minimum Gasteiger partial charge on any atom is -0.497 e. The number of nitrogens with one attached hydrogen (secondary N) is 1. The summed E-state index contributed by atoms with van der Waals surface area (Å²) in [4.78, 5) is 27.2. The molecule has 1 heterocycles. The first-order valence-corrected chi connectivity index (χ1v) is 12.6. The number of benzene rings is 2. The fourth-order valence-corrected chi connectivity index (χ4v) is 5.10. The van der Waals surface area contributed by atoms with Crippen LogP contribution < -0.4 is 14.8 Å². The van der Waals surface area contributed by atoms with E-state index in [9.17, 15) is 9.59 Å². The number of ether oxygens (including phenoxy) is 3. The summed E-state index contributed by atoms with van der Waals surface area (Å²) in [7, 11) is 3.15. The van der Waals surface area contributed by atoms with Gasteiger partial charge in [-0.05, 0) is 56.4 Å². The van der Waals surface area contributed by atoms with Crippen molar-refractivity contribution in [1.82, 2.24) is 5.32 Å². The molecule has 0 bridgehead atoms. The van der Waals surface area contributed by atoms with Crippen LogP contribution in [0.3, 0.4) is 0 Å². The highest BCUT2D eigenvalue weighted by atomic mass is 35.5. The number of rotatable bonds is 7. The summed E-state index contributed by atoms with van der Waals surface area (Å²) in [5, 5.41) is 4.05. The van der Waals surface area contributed by atoms with Gasteiger partial charge >= 0.3 is 5.97 Å². The van der Waals surface area contributed by atoms with Crippen molar-refractivity contribution in [2.45, 2.75) is 58.0 Å². The second-order valence-corrected chi connectivity index (χ2v) is 9.74. The van der Waals surface area contributed by atoms with Crippen LogP contribution >= 0.6 is 11.6 Å². The summed E-state index contributed by atoms with van der Waals surface area (Å²) in [6.07, 6.45) is 1.42. The quantitative estimate of drug-likeness (QED) is 0.457. The first-order chi connectivity index (χ1) is 17.3. The fourth-order valence-electron chi connectivity index (χ4n) is 4.98. The van der Waals surface area contributed by atoms with Gasteiger partial charge in [-0.25, -0.2) is 4.79 Å². The summed E-state index contributed by atoms with van der Waals surface area (Å²) in [5.74, 6) is 0.130. The van der Waals surface area contributed by atoms with Crippen molar-refractivity contribution in [1.29, 1.82) is 0 Å². The first-order valence-electron chi connectivity index (χ1n) is 12.2. The van der Waals surface area contributed by atoms with Crippen molar-refractivity contribution >= 4 is 23.4 Å². The Balaban J connectivity index is 1.83. The summed E-state index contributed by atoms with van der Waals surface area (Å²) < 4.78 is 16.8. The Hall–Kier alpha value is -3.25. The second-order valence-electron chi connectivity index (χ2n) is 9.30. The highest BCUT2D eigenvalue weighted by molar-refractivity contribution is 6.30. The first kappa shape index (κ1) is 25.8. The standard InChI is InChI=1S/C29H32ClNO5/c1-6-16(2)36-29(33)26-17(3)31-23-13-19(18-7-9-20(30)10-8-18)14-24(32)28(23)27(26)22-12-11-21(34-4)15-25(22)35-5/h7-12,15-16,19,27,31H,6,13-14H2,1-5H3/t16-,19-,27+/m0/s1. The minimum absolute atomic E-state index is 0.00656. The lowest BCUT2D eigenvalue weighted by molar-refractivity contribution is -0.144. The SMILES string of the molecule is CC[C@H](C)OC(=O)C1=C(C)NC2=C(C(=O)C[C@@H](c3ccc(Cl)cc3)C2)[C@@H]1c1ccc(OC)cc1OC. The number of dihydropyridines is 1. The van der Waals surface area contributed by atoms with Crippen LogP contribution in [0.25, 0.3) is 0 Å². The zero-order valence-electron chi connectivity index (χ0n) is 21.3. The van der Waals surface area contributed by atoms with E-state index in [4.69, 9.17) is 25.8 Å². The molecule has 0 radical (unpaired) electrons. The number of ketones is 1. The van der Waals surface area contributed by atoms with Gasteiger partial charge in [0.2, 0.25) is 0 Å². The van der Waals surface area contributed by atoms with Gasteiger partial charge < -0.3 is 19.5 Å². The zero-order chi connectivity index (χ0) is 26.0. The second kappa shape index (κ2) is 10.8. The Bertz CT molecular complexity index is 1230. The van der Waals surface area contributed by atoms with E-state index < -0.39 is 11.9 Å². The van der Waals surface area contributed by atoms with Crippen molar-refractivity contribution in [3.8, 4) is 11.5 Å². The maximum atomic E-state index is 13.8. The monoisotopic (exact) mass is 509 g/mol. The minimum atomic E-state index is -0.614. The van der Waals surface area contributed by atoms with E-state index in [1.54, 1.807) is 20.3 Å². The molecule has 0 saturated heterocycles. The van der Waals surface area contributed by atoms with E-state index in [-0.39, 0.29) is 17.8 Å². The molecule has 0 spiro atoms. The summed E-state index contributed by atoms with van der Waals surface area (Å²) in [5.41, 5.74) is 4.30. The van der Waals surface area contributed by atoms with Gasteiger partial charge in [-0.3, -0.25) is 4.79 Å². The number of methoxy groups -OCH3 is 2. The van der Waals surface area contributed by atoms with E-state index in [1.807, 2.05) is 57.2 Å². The van der Waals surface area contributed by atoms with Gasteiger partial charge in [0.25, 0.3) is 0 Å². The molecule has 2 aliphatic rings. The van der Waals surface area contributed by atoms with Gasteiger partial charge in [0.15, 0.2) is 5.78 Å². The number of hydrogen-bond donors (Lipinski definition) is 1. The molecule has 1 aliphatic carbocycles. The summed E-state index contributed by atoms with van der Waals surface area (Å²) in [6.45, 7) is 5.68. The number of carbonyl (C=O) groups excluding carboxylic acids is 2. The molecule has 0 amide bonds. The molecule has 0 aromatic heterocycles. The maximum absolute atomic E-state index is 13.8. The molecule has 36 heavy (non-hydrogen) atoms. The highest BCUT2D eigenvalue weighted by Crippen LogP contribution is 2.48. The predicted molar refractivity (Wildman–Crippen MR) is 139 cm³/mol. The molecule has 2 aromatic rings. The molecule has 3 atom stereocenters. The molecule has 190 valence electrons. The molecule has 0 unspecified atom stereocenters. The van der Waals surface area contributed by atoms with E-state index in [2.05, 4.69) is 5.32 Å². The molecule has 0 saturated carbocycles. The van der Waals surface area contributed by atoms with Crippen LogP contribution in [0.5, 0.6) is 11.5 Å². The van der Waals surface area contributed by atoms with Gasteiger partial charge in [-0.15, -0.1) is 0 Å². The third-order valence-corrected chi connectivity index (χ3v) is 7.28. The number of allylic oxidation sites excluding steroid dienone is 3. The molecule has 0 fully saturated rings. The van der Waals surface area contributed by atoms with Crippen LogP contribution in [0.15, 0.2) is 65.0 Å². The Morgan fingerprint density at radius 1 is 1.11 bits per heavy atom. The Morgan fingerprint density at radius 3 is 2.47 bits per heavy atom. The van der Waals surface area contributed by atoms with Crippen LogP contribution in [0.2, 0.25) is 5.02 Å². The van der Waals surface area contributed by atoms with Crippen LogP contribution in [0.4, 0.5) is 0 Å². The number of halogens is 1. The number of carbonyl (C=O) groups is 2. The molecule has 4 rings (SSSR count). The van der Waals surface area contributed by atoms with Crippen molar-refractivity contribution in [2.75, 3.05) is 14.2 Å².